The lowest BCUT2D eigenvalue weighted by Gasteiger charge is -2.34. The van der Waals surface area contributed by atoms with E-state index in [1.165, 1.54) is 9.75 Å². The minimum absolute atomic E-state index is 0.486. The van der Waals surface area contributed by atoms with Crippen molar-refractivity contribution in [3.8, 4) is 0 Å². The van der Waals surface area contributed by atoms with Gasteiger partial charge in [-0.2, -0.15) is 0 Å². The van der Waals surface area contributed by atoms with Crippen molar-refractivity contribution in [1.29, 1.82) is 0 Å². The highest BCUT2D eigenvalue weighted by Crippen LogP contribution is 2.14. The lowest BCUT2D eigenvalue weighted by Crippen LogP contribution is -2.38. The molecule has 0 spiro atoms. The summed E-state index contributed by atoms with van der Waals surface area (Å²) >= 11 is 24.2. The second-order valence-corrected chi connectivity index (χ2v) is 8.66. The van der Waals surface area contributed by atoms with Crippen LogP contribution in [0.25, 0.3) is 0 Å². The Kier molecular flexibility index (Phi) is 7.39. The maximum atomic E-state index is 5.19. The maximum Gasteiger partial charge on any atom is 0.0508 e. The Morgan fingerprint density at radius 1 is 0.864 bits per heavy atom. The molecule has 8 heteroatoms. The predicted molar refractivity (Wildman–Crippen MR) is 109 cm³/mol. The van der Waals surface area contributed by atoms with Gasteiger partial charge in [0.05, 0.1) is 13.1 Å². The second-order valence-electron chi connectivity index (χ2n) is 4.53. The molecule has 0 radical (unpaired) electrons. The lowest BCUT2D eigenvalue weighted by molar-refractivity contribution is 0.346. The molecule has 0 aliphatic heterocycles. The minimum Gasteiger partial charge on any atom is -0.411 e. The normalized spacial score (nSPS) is 10.4. The summed E-state index contributed by atoms with van der Waals surface area (Å²) in [7, 11) is 0. The van der Waals surface area contributed by atoms with Crippen molar-refractivity contribution in [2.24, 2.45) is 0 Å². The van der Waals surface area contributed by atoms with Crippen LogP contribution in [0.2, 0.25) is 0 Å². The third-order valence-electron chi connectivity index (χ3n) is 3.01. The summed E-state index contributed by atoms with van der Waals surface area (Å²) in [5, 5.41) is 4.11. The maximum absolute atomic E-state index is 5.19. The third-order valence-corrected chi connectivity index (χ3v) is 5.76. The van der Waals surface area contributed by atoms with Gasteiger partial charge in [0, 0.05) is 22.8 Å². The first kappa shape index (κ1) is 18.0. The SMILES string of the molecule is S=C([S-])N(CCN(Cc1cccs1)C(=S)[S-])Cc1cccs1. The molecule has 0 atom stereocenters. The molecule has 2 aromatic heterocycles. The average Bonchev–Trinajstić information content (AvgIpc) is 3.14. The smallest absolute Gasteiger partial charge is 0.0508 e. The van der Waals surface area contributed by atoms with Crippen molar-refractivity contribution < 1.29 is 0 Å². The summed E-state index contributed by atoms with van der Waals surface area (Å²) < 4.78 is 0.972. The van der Waals surface area contributed by atoms with E-state index in [2.05, 4.69) is 22.9 Å². The van der Waals surface area contributed by atoms with Crippen molar-refractivity contribution in [1.82, 2.24) is 9.80 Å². The van der Waals surface area contributed by atoms with E-state index in [-0.39, 0.29) is 0 Å². The van der Waals surface area contributed by atoms with Gasteiger partial charge in [-0.05, 0) is 22.9 Å². The molecule has 0 aromatic carbocycles. The van der Waals surface area contributed by atoms with Crippen LogP contribution in [0.15, 0.2) is 35.0 Å². The molecule has 118 valence electrons. The van der Waals surface area contributed by atoms with Gasteiger partial charge in [0.15, 0.2) is 0 Å². The number of hydrogen-bond donors (Lipinski definition) is 0. The molecule has 2 aromatic rings. The van der Waals surface area contributed by atoms with Gasteiger partial charge < -0.3 is 59.5 Å². The van der Waals surface area contributed by atoms with E-state index >= 15 is 0 Å². The number of hydrogen-bond acceptors (Lipinski definition) is 6. The molecule has 0 amide bonds. The molecule has 0 aliphatic rings. The molecule has 0 saturated heterocycles. The van der Waals surface area contributed by atoms with E-state index in [1.54, 1.807) is 22.7 Å². The van der Waals surface area contributed by atoms with Crippen LogP contribution in [-0.4, -0.2) is 31.5 Å². The summed E-state index contributed by atoms with van der Waals surface area (Å²) in [5.74, 6) is 0. The Morgan fingerprint density at radius 2 is 1.27 bits per heavy atom. The highest BCUT2D eigenvalue weighted by atomic mass is 32.1. The summed E-state index contributed by atoms with van der Waals surface area (Å²) in [6.07, 6.45) is 0. The highest BCUT2D eigenvalue weighted by molar-refractivity contribution is 8.00. The standard InChI is InChI=1S/C14H16N2S6/c17-13(18)15(9-11-3-1-7-21-11)5-6-16(14(19)20)10-12-4-2-8-22-12/h1-4,7-8H,5-6,9-10H2,(H,17,18)(H,19,20)/p-2. The summed E-state index contributed by atoms with van der Waals surface area (Å²) in [6, 6.07) is 8.25. The number of rotatable bonds is 7. The highest BCUT2D eigenvalue weighted by Gasteiger charge is 2.08. The summed E-state index contributed by atoms with van der Waals surface area (Å²) in [6.45, 7) is 2.94. The summed E-state index contributed by atoms with van der Waals surface area (Å²) in [5.41, 5.74) is 0. The van der Waals surface area contributed by atoms with E-state index in [0.717, 1.165) is 26.2 Å². The Morgan fingerprint density at radius 3 is 1.55 bits per heavy atom. The Bertz CT molecular complexity index is 539. The Hall–Kier alpha value is -0.380. The van der Waals surface area contributed by atoms with Crippen molar-refractivity contribution in [2.45, 2.75) is 13.1 Å². The van der Waals surface area contributed by atoms with E-state index in [9.17, 15) is 0 Å². The largest absolute Gasteiger partial charge is 0.411 e. The van der Waals surface area contributed by atoms with Gasteiger partial charge in [-0.1, -0.05) is 20.8 Å². The van der Waals surface area contributed by atoms with Gasteiger partial charge in [0.25, 0.3) is 0 Å². The number of nitrogens with zero attached hydrogens (tertiary/aromatic N) is 2. The lowest BCUT2D eigenvalue weighted by atomic mass is 10.4. The molecular weight excluding hydrogens is 389 g/mol. The molecule has 0 aliphatic carbocycles. The van der Waals surface area contributed by atoms with E-state index < -0.39 is 0 Å². The predicted octanol–water partition coefficient (Wildman–Crippen LogP) is 3.78. The molecule has 22 heavy (non-hydrogen) atoms. The molecule has 0 saturated carbocycles. The van der Waals surface area contributed by atoms with E-state index in [0.29, 0.717) is 8.64 Å². The van der Waals surface area contributed by atoms with Gasteiger partial charge >= 0.3 is 0 Å². The van der Waals surface area contributed by atoms with Crippen LogP contribution >= 0.6 is 47.1 Å². The van der Waals surface area contributed by atoms with Gasteiger partial charge in [-0.25, -0.2) is 0 Å². The number of thiocarbonyl (C=S) groups is 2. The molecule has 2 heterocycles. The molecular formula is C14H14N2S6-2. The summed E-state index contributed by atoms with van der Waals surface area (Å²) in [4.78, 5) is 6.53. The van der Waals surface area contributed by atoms with Crippen molar-refractivity contribution in [3.05, 3.63) is 44.8 Å². The average molecular weight is 403 g/mol. The first-order chi connectivity index (χ1) is 10.6. The molecule has 0 bridgehead atoms. The fraction of sp³-hybridized carbons (Fsp3) is 0.286. The van der Waals surface area contributed by atoms with E-state index in [1.807, 2.05) is 21.9 Å². The van der Waals surface area contributed by atoms with Gasteiger partial charge in [-0.15, -0.1) is 22.7 Å². The first-order valence-electron chi connectivity index (χ1n) is 6.53. The quantitative estimate of drug-likeness (QED) is 0.510. The zero-order chi connectivity index (χ0) is 15.9. The van der Waals surface area contributed by atoms with Crippen LogP contribution < -0.4 is 0 Å². The molecule has 0 unspecified atom stereocenters. The van der Waals surface area contributed by atoms with Crippen LogP contribution in [0.4, 0.5) is 0 Å². The molecule has 0 N–H and O–H groups in total. The minimum atomic E-state index is 0.486. The van der Waals surface area contributed by atoms with Crippen LogP contribution in [-0.2, 0) is 38.3 Å². The molecule has 2 rings (SSSR count). The van der Waals surface area contributed by atoms with Gasteiger partial charge in [0.2, 0.25) is 0 Å². The number of thiophene rings is 2. The third kappa shape index (κ3) is 5.68. The van der Waals surface area contributed by atoms with Crippen molar-refractivity contribution >= 4 is 81.0 Å². The first-order valence-corrected chi connectivity index (χ1v) is 9.92. The van der Waals surface area contributed by atoms with Crippen LogP contribution in [0, 0.1) is 0 Å². The fourth-order valence-electron chi connectivity index (χ4n) is 1.89. The fourth-order valence-corrected chi connectivity index (χ4v) is 3.95. The molecule has 2 nitrogen and oxygen atoms in total. The van der Waals surface area contributed by atoms with Crippen molar-refractivity contribution in [3.63, 3.8) is 0 Å². The molecule has 0 fully saturated rings. The zero-order valence-corrected chi connectivity index (χ0v) is 16.5. The van der Waals surface area contributed by atoms with Crippen LogP contribution in [0.5, 0.6) is 0 Å². The van der Waals surface area contributed by atoms with Crippen LogP contribution in [0.3, 0.4) is 0 Å². The topological polar surface area (TPSA) is 6.48 Å². The van der Waals surface area contributed by atoms with Crippen molar-refractivity contribution in [2.75, 3.05) is 13.1 Å². The van der Waals surface area contributed by atoms with Gasteiger partial charge in [0.1, 0.15) is 0 Å². The van der Waals surface area contributed by atoms with Gasteiger partial charge in [-0.3, -0.25) is 0 Å². The van der Waals surface area contributed by atoms with Crippen LogP contribution in [0.1, 0.15) is 9.75 Å². The second kappa shape index (κ2) is 9.05. The Balaban J connectivity index is 1.93. The Labute approximate surface area is 161 Å². The monoisotopic (exact) mass is 402 g/mol. The zero-order valence-electron chi connectivity index (χ0n) is 11.6. The van der Waals surface area contributed by atoms with E-state index in [4.69, 9.17) is 49.7 Å².